The van der Waals surface area contributed by atoms with E-state index in [1.165, 1.54) is 11.0 Å². The zero-order valence-corrected chi connectivity index (χ0v) is 16.7. The Bertz CT molecular complexity index is 801. The van der Waals surface area contributed by atoms with Crippen LogP contribution in [0.25, 0.3) is 6.08 Å². The quantitative estimate of drug-likeness (QED) is 0.672. The average Bonchev–Trinajstić information content (AvgIpc) is 3.08. The highest BCUT2D eigenvalue weighted by molar-refractivity contribution is 7.09. The monoisotopic (exact) mass is 387 g/mol. The molecule has 7 heteroatoms. The molecule has 0 aliphatic heterocycles. The molecule has 1 aromatic heterocycles. The molecular weight excluding hydrogens is 362 g/mol. The number of carbonyl (C=O) groups is 2. The van der Waals surface area contributed by atoms with Gasteiger partial charge in [0.1, 0.15) is 12.4 Å². The fourth-order valence-electron chi connectivity index (χ4n) is 2.38. The fourth-order valence-corrected chi connectivity index (χ4v) is 2.98. The summed E-state index contributed by atoms with van der Waals surface area (Å²) in [6.45, 7) is 7.14. The van der Waals surface area contributed by atoms with Gasteiger partial charge >= 0.3 is 0 Å². The van der Waals surface area contributed by atoms with Gasteiger partial charge in [0, 0.05) is 24.5 Å². The van der Waals surface area contributed by atoms with Crippen molar-refractivity contribution in [3.63, 3.8) is 0 Å². The first-order valence-corrected chi connectivity index (χ1v) is 9.77. The molecule has 0 fully saturated rings. The van der Waals surface area contributed by atoms with E-state index in [0.29, 0.717) is 25.4 Å². The highest BCUT2D eigenvalue weighted by atomic mass is 32.1. The highest BCUT2D eigenvalue weighted by Crippen LogP contribution is 2.17. The van der Waals surface area contributed by atoms with Crippen LogP contribution in [-0.4, -0.2) is 41.3 Å². The topological polar surface area (TPSA) is 71.5 Å². The van der Waals surface area contributed by atoms with E-state index in [9.17, 15) is 9.59 Å². The standard InChI is InChI=1S/C20H25N3O3S/c1-4-21-19(24)12-23(5-2)20(25)10-9-16-7-6-8-18(11-16)26-13-17-14-27-15(3)22-17/h6-11,14H,4-5,12-13H2,1-3H3,(H,21,24)/b10-9+. The lowest BCUT2D eigenvalue weighted by Gasteiger charge is -2.18. The molecule has 0 aliphatic rings. The molecular formula is C20H25N3O3S. The molecule has 1 aromatic carbocycles. The molecule has 0 radical (unpaired) electrons. The average molecular weight is 388 g/mol. The summed E-state index contributed by atoms with van der Waals surface area (Å²) < 4.78 is 5.76. The van der Waals surface area contributed by atoms with Crippen LogP contribution in [0.3, 0.4) is 0 Å². The van der Waals surface area contributed by atoms with Crippen LogP contribution in [0.1, 0.15) is 30.1 Å². The Morgan fingerprint density at radius 1 is 1.33 bits per heavy atom. The van der Waals surface area contributed by atoms with Crippen molar-refractivity contribution >= 4 is 29.2 Å². The summed E-state index contributed by atoms with van der Waals surface area (Å²) >= 11 is 1.59. The molecule has 144 valence electrons. The van der Waals surface area contributed by atoms with E-state index >= 15 is 0 Å². The molecule has 0 saturated heterocycles. The molecule has 0 atom stereocenters. The minimum absolute atomic E-state index is 0.0592. The van der Waals surface area contributed by atoms with Crippen molar-refractivity contribution in [2.24, 2.45) is 0 Å². The fraction of sp³-hybridized carbons (Fsp3) is 0.350. The van der Waals surface area contributed by atoms with E-state index in [1.807, 2.05) is 50.4 Å². The van der Waals surface area contributed by atoms with Gasteiger partial charge < -0.3 is 15.0 Å². The zero-order chi connectivity index (χ0) is 19.6. The Morgan fingerprint density at radius 3 is 2.81 bits per heavy atom. The van der Waals surface area contributed by atoms with Crippen molar-refractivity contribution in [3.05, 3.63) is 52.0 Å². The summed E-state index contributed by atoms with van der Waals surface area (Å²) in [4.78, 5) is 29.8. The maximum atomic E-state index is 12.3. The predicted octanol–water partition coefficient (Wildman–Crippen LogP) is 3.03. The number of rotatable bonds is 9. The van der Waals surface area contributed by atoms with Gasteiger partial charge in [-0.05, 0) is 44.5 Å². The van der Waals surface area contributed by atoms with Gasteiger partial charge in [-0.15, -0.1) is 11.3 Å². The molecule has 0 bridgehead atoms. The third-order valence-corrected chi connectivity index (χ3v) is 4.55. The number of nitrogens with one attached hydrogen (secondary N) is 1. The number of amides is 2. The number of aromatic nitrogens is 1. The number of likely N-dealkylation sites (N-methyl/N-ethyl adjacent to an activating group) is 2. The van der Waals surface area contributed by atoms with E-state index in [-0.39, 0.29) is 18.4 Å². The predicted molar refractivity (Wildman–Crippen MR) is 108 cm³/mol. The lowest BCUT2D eigenvalue weighted by Crippen LogP contribution is -2.39. The van der Waals surface area contributed by atoms with Gasteiger partial charge in [-0.3, -0.25) is 9.59 Å². The van der Waals surface area contributed by atoms with Crippen molar-refractivity contribution in [1.29, 1.82) is 0 Å². The third kappa shape index (κ3) is 6.86. The normalized spacial score (nSPS) is 10.8. The summed E-state index contributed by atoms with van der Waals surface area (Å²) in [6, 6.07) is 7.50. The van der Waals surface area contributed by atoms with E-state index in [2.05, 4.69) is 10.3 Å². The largest absolute Gasteiger partial charge is 0.487 e. The van der Waals surface area contributed by atoms with Crippen LogP contribution in [0.4, 0.5) is 0 Å². The molecule has 0 saturated carbocycles. The van der Waals surface area contributed by atoms with Crippen LogP contribution in [-0.2, 0) is 16.2 Å². The second-order valence-electron chi connectivity index (χ2n) is 5.86. The molecule has 1 heterocycles. The Hall–Kier alpha value is -2.67. The molecule has 2 rings (SSSR count). The van der Waals surface area contributed by atoms with E-state index in [4.69, 9.17) is 4.74 Å². The highest BCUT2D eigenvalue weighted by Gasteiger charge is 2.12. The maximum Gasteiger partial charge on any atom is 0.247 e. The van der Waals surface area contributed by atoms with Gasteiger partial charge in [-0.25, -0.2) is 4.98 Å². The van der Waals surface area contributed by atoms with E-state index < -0.39 is 0 Å². The molecule has 2 aromatic rings. The van der Waals surface area contributed by atoms with Gasteiger partial charge in [0.2, 0.25) is 11.8 Å². The van der Waals surface area contributed by atoms with Gasteiger partial charge in [0.25, 0.3) is 0 Å². The minimum atomic E-state index is -0.201. The lowest BCUT2D eigenvalue weighted by atomic mass is 10.2. The van der Waals surface area contributed by atoms with Crippen LogP contribution >= 0.6 is 11.3 Å². The summed E-state index contributed by atoms with van der Waals surface area (Å²) in [6.07, 6.45) is 3.20. The van der Waals surface area contributed by atoms with Crippen LogP contribution in [0.5, 0.6) is 5.75 Å². The number of hydrogen-bond acceptors (Lipinski definition) is 5. The Morgan fingerprint density at radius 2 is 2.15 bits per heavy atom. The van der Waals surface area contributed by atoms with Crippen LogP contribution in [0.2, 0.25) is 0 Å². The first-order valence-electron chi connectivity index (χ1n) is 8.89. The maximum absolute atomic E-state index is 12.3. The minimum Gasteiger partial charge on any atom is -0.487 e. The van der Waals surface area contributed by atoms with Gasteiger partial charge in [-0.1, -0.05) is 12.1 Å². The summed E-state index contributed by atoms with van der Waals surface area (Å²) in [5.41, 5.74) is 1.75. The van der Waals surface area contributed by atoms with Crippen molar-refractivity contribution < 1.29 is 14.3 Å². The van der Waals surface area contributed by atoms with Crippen LogP contribution < -0.4 is 10.1 Å². The van der Waals surface area contributed by atoms with Gasteiger partial charge in [0.15, 0.2) is 0 Å². The summed E-state index contributed by atoms with van der Waals surface area (Å²) in [5, 5.41) is 5.69. The number of carbonyl (C=O) groups excluding carboxylic acids is 2. The molecule has 1 N–H and O–H groups in total. The number of nitrogens with zero attached hydrogens (tertiary/aromatic N) is 2. The van der Waals surface area contributed by atoms with E-state index in [1.54, 1.807) is 17.4 Å². The lowest BCUT2D eigenvalue weighted by molar-refractivity contribution is -0.132. The smallest absolute Gasteiger partial charge is 0.247 e. The van der Waals surface area contributed by atoms with Crippen molar-refractivity contribution in [2.75, 3.05) is 19.6 Å². The first kappa shape index (κ1) is 20.6. The zero-order valence-electron chi connectivity index (χ0n) is 15.9. The number of thiazole rings is 1. The second-order valence-corrected chi connectivity index (χ2v) is 6.92. The molecule has 0 aliphatic carbocycles. The van der Waals surface area contributed by atoms with E-state index in [0.717, 1.165) is 16.3 Å². The summed E-state index contributed by atoms with van der Waals surface area (Å²) in [5.74, 6) is 0.353. The summed E-state index contributed by atoms with van der Waals surface area (Å²) in [7, 11) is 0. The SMILES string of the molecule is CCNC(=O)CN(CC)C(=O)/C=C/c1cccc(OCc2csc(C)n2)c1. The second kappa shape index (κ2) is 10.5. The Labute approximate surface area is 163 Å². The van der Waals surface area contributed by atoms with Gasteiger partial charge in [-0.2, -0.15) is 0 Å². The molecule has 0 unspecified atom stereocenters. The Kier molecular flexibility index (Phi) is 8.00. The van der Waals surface area contributed by atoms with Crippen molar-refractivity contribution in [1.82, 2.24) is 15.2 Å². The first-order chi connectivity index (χ1) is 13.0. The van der Waals surface area contributed by atoms with Crippen molar-refractivity contribution in [3.8, 4) is 5.75 Å². The molecule has 2 amide bonds. The Balaban J connectivity index is 1.95. The number of hydrogen-bond donors (Lipinski definition) is 1. The van der Waals surface area contributed by atoms with Gasteiger partial charge in [0.05, 0.1) is 17.2 Å². The van der Waals surface area contributed by atoms with Crippen LogP contribution in [0, 0.1) is 6.92 Å². The third-order valence-electron chi connectivity index (χ3n) is 3.73. The van der Waals surface area contributed by atoms with Crippen molar-refractivity contribution in [2.45, 2.75) is 27.4 Å². The molecule has 6 nitrogen and oxygen atoms in total. The van der Waals surface area contributed by atoms with Crippen LogP contribution in [0.15, 0.2) is 35.7 Å². The molecule has 0 spiro atoms. The number of benzene rings is 1. The number of ether oxygens (including phenoxy) is 1. The molecule has 27 heavy (non-hydrogen) atoms. The number of aryl methyl sites for hydroxylation is 1.